The smallest absolute Gasteiger partial charge is 0.423 e. The van der Waals surface area contributed by atoms with Crippen molar-refractivity contribution in [2.75, 3.05) is 11.5 Å². The fourth-order valence-corrected chi connectivity index (χ4v) is 4.11. The van der Waals surface area contributed by atoms with E-state index in [1.807, 2.05) is 17.0 Å². The molecule has 7 heteroatoms. The molecule has 0 atom stereocenters. The number of hydrogen-bond acceptors (Lipinski definition) is 4. The first-order valence-electron chi connectivity index (χ1n) is 8.12. The van der Waals surface area contributed by atoms with Gasteiger partial charge in [0.1, 0.15) is 5.54 Å². The Labute approximate surface area is 151 Å². The summed E-state index contributed by atoms with van der Waals surface area (Å²) >= 11 is 11.5. The number of benzene rings is 1. The summed E-state index contributed by atoms with van der Waals surface area (Å²) < 4.78 is 5.03. The van der Waals surface area contributed by atoms with Crippen molar-refractivity contribution in [3.8, 4) is 0 Å². The summed E-state index contributed by atoms with van der Waals surface area (Å²) in [7, 11) is 0. The molecular weight excluding hydrogens is 348 g/mol. The summed E-state index contributed by atoms with van der Waals surface area (Å²) in [5.41, 5.74) is -0.0259. The third-order valence-corrected chi connectivity index (χ3v) is 5.24. The number of thiocarbonyl (C=S) groups is 1. The van der Waals surface area contributed by atoms with Gasteiger partial charge in [-0.2, -0.15) is 4.90 Å². The standard InChI is InChI=1S/C17H19ClN2O3S/c1-2-23-16(22)19-14(21)17(10-4-3-5-11-17)20(15(19)24)13-8-6-12(18)7-9-13/h6-9H,2-5,10-11H2,1H3. The van der Waals surface area contributed by atoms with Crippen molar-refractivity contribution in [1.82, 2.24) is 4.90 Å². The molecule has 2 amide bonds. The van der Waals surface area contributed by atoms with Crippen LogP contribution in [0.15, 0.2) is 24.3 Å². The Balaban J connectivity index is 2.06. The van der Waals surface area contributed by atoms with Crippen molar-refractivity contribution in [3.63, 3.8) is 0 Å². The zero-order valence-electron chi connectivity index (χ0n) is 13.5. The number of ether oxygens (including phenoxy) is 1. The van der Waals surface area contributed by atoms with Crippen molar-refractivity contribution in [3.05, 3.63) is 29.3 Å². The van der Waals surface area contributed by atoms with Crippen molar-refractivity contribution in [2.24, 2.45) is 0 Å². The van der Waals surface area contributed by atoms with E-state index in [2.05, 4.69) is 0 Å². The zero-order chi connectivity index (χ0) is 17.3. The molecule has 0 N–H and O–H groups in total. The van der Waals surface area contributed by atoms with Crippen LogP contribution in [0.3, 0.4) is 0 Å². The summed E-state index contributed by atoms with van der Waals surface area (Å²) in [6.07, 6.45) is 3.57. The van der Waals surface area contributed by atoms with E-state index in [4.69, 9.17) is 28.6 Å². The van der Waals surface area contributed by atoms with Gasteiger partial charge in [-0.1, -0.05) is 30.9 Å². The lowest BCUT2D eigenvalue weighted by Crippen LogP contribution is -2.51. The van der Waals surface area contributed by atoms with Gasteiger partial charge in [-0.05, 0) is 56.2 Å². The Morgan fingerprint density at radius 3 is 2.46 bits per heavy atom. The van der Waals surface area contributed by atoms with Gasteiger partial charge < -0.3 is 9.64 Å². The maximum atomic E-state index is 13.1. The Kier molecular flexibility index (Phi) is 4.78. The number of carbonyl (C=O) groups excluding carboxylic acids is 2. The Morgan fingerprint density at radius 2 is 1.88 bits per heavy atom. The van der Waals surface area contributed by atoms with Crippen LogP contribution in [0.4, 0.5) is 10.5 Å². The van der Waals surface area contributed by atoms with Gasteiger partial charge in [0, 0.05) is 10.7 Å². The van der Waals surface area contributed by atoms with Gasteiger partial charge in [-0.3, -0.25) is 4.79 Å². The third-order valence-electron chi connectivity index (χ3n) is 4.63. The van der Waals surface area contributed by atoms with E-state index in [1.165, 1.54) is 0 Å². The molecule has 1 spiro atoms. The van der Waals surface area contributed by atoms with Gasteiger partial charge in [-0.25, -0.2) is 4.79 Å². The number of amides is 2. The Bertz CT molecular complexity index is 671. The van der Waals surface area contributed by atoms with E-state index in [0.717, 1.165) is 29.8 Å². The highest BCUT2D eigenvalue weighted by atomic mass is 35.5. The van der Waals surface area contributed by atoms with Crippen LogP contribution >= 0.6 is 23.8 Å². The van der Waals surface area contributed by atoms with Gasteiger partial charge in [0.2, 0.25) is 0 Å². The molecule has 1 saturated heterocycles. The molecule has 3 rings (SSSR count). The molecule has 0 aromatic heterocycles. The number of imide groups is 1. The first kappa shape index (κ1) is 17.2. The average Bonchev–Trinajstić information content (AvgIpc) is 2.77. The largest absolute Gasteiger partial charge is 0.449 e. The van der Waals surface area contributed by atoms with Crippen LogP contribution in [0.2, 0.25) is 5.02 Å². The minimum absolute atomic E-state index is 0.183. The van der Waals surface area contributed by atoms with Crippen LogP contribution in [-0.2, 0) is 9.53 Å². The van der Waals surface area contributed by atoms with E-state index < -0.39 is 11.6 Å². The van der Waals surface area contributed by atoms with Gasteiger partial charge in [0.25, 0.3) is 5.91 Å². The van der Waals surface area contributed by atoms with Crippen LogP contribution < -0.4 is 4.90 Å². The van der Waals surface area contributed by atoms with E-state index in [-0.39, 0.29) is 17.6 Å². The molecular formula is C17H19ClN2O3S. The molecule has 5 nitrogen and oxygen atoms in total. The van der Waals surface area contributed by atoms with E-state index in [1.54, 1.807) is 19.1 Å². The highest BCUT2D eigenvalue weighted by Crippen LogP contribution is 2.43. The van der Waals surface area contributed by atoms with Gasteiger partial charge in [0.05, 0.1) is 6.61 Å². The molecule has 1 heterocycles. The Morgan fingerprint density at radius 1 is 1.25 bits per heavy atom. The number of nitrogens with zero attached hydrogens (tertiary/aromatic N) is 2. The van der Waals surface area contributed by atoms with E-state index in [9.17, 15) is 9.59 Å². The van der Waals surface area contributed by atoms with Crippen molar-refractivity contribution in [2.45, 2.75) is 44.6 Å². The molecule has 0 radical (unpaired) electrons. The van der Waals surface area contributed by atoms with Gasteiger partial charge >= 0.3 is 6.09 Å². The first-order chi connectivity index (χ1) is 11.5. The second-order valence-corrected chi connectivity index (χ2v) is 6.83. The second kappa shape index (κ2) is 6.69. The minimum atomic E-state index is -0.796. The topological polar surface area (TPSA) is 49.9 Å². The van der Waals surface area contributed by atoms with Crippen molar-refractivity contribution in [1.29, 1.82) is 0 Å². The quantitative estimate of drug-likeness (QED) is 0.736. The minimum Gasteiger partial charge on any atom is -0.449 e. The third kappa shape index (κ3) is 2.67. The molecule has 1 aliphatic carbocycles. The molecule has 1 aromatic carbocycles. The monoisotopic (exact) mass is 366 g/mol. The summed E-state index contributed by atoms with van der Waals surface area (Å²) in [6.45, 7) is 1.90. The Hall–Kier alpha value is -1.66. The van der Waals surface area contributed by atoms with Crippen LogP contribution in [-0.4, -0.2) is 34.2 Å². The maximum Gasteiger partial charge on any atom is 0.423 e. The molecule has 1 aromatic rings. The van der Waals surface area contributed by atoms with Crippen LogP contribution in [0.25, 0.3) is 0 Å². The van der Waals surface area contributed by atoms with Crippen molar-refractivity contribution < 1.29 is 14.3 Å². The molecule has 0 bridgehead atoms. The number of halogens is 1. The van der Waals surface area contributed by atoms with E-state index in [0.29, 0.717) is 17.9 Å². The SMILES string of the molecule is CCOC(=O)N1C(=O)C2(CCCCC2)N(c2ccc(Cl)cc2)C1=S. The summed E-state index contributed by atoms with van der Waals surface area (Å²) in [4.78, 5) is 28.2. The zero-order valence-corrected chi connectivity index (χ0v) is 15.0. The molecule has 128 valence electrons. The second-order valence-electron chi connectivity index (χ2n) is 6.03. The molecule has 1 aliphatic heterocycles. The summed E-state index contributed by atoms with van der Waals surface area (Å²) in [6, 6.07) is 7.17. The van der Waals surface area contributed by atoms with Crippen molar-refractivity contribution >= 4 is 46.6 Å². The van der Waals surface area contributed by atoms with Crippen LogP contribution in [0.1, 0.15) is 39.0 Å². The highest BCUT2D eigenvalue weighted by molar-refractivity contribution is 7.80. The average molecular weight is 367 g/mol. The number of rotatable bonds is 2. The molecule has 2 aliphatic rings. The van der Waals surface area contributed by atoms with Gasteiger partial charge in [-0.15, -0.1) is 0 Å². The predicted molar refractivity (Wildman–Crippen MR) is 96.2 cm³/mol. The van der Waals surface area contributed by atoms with Gasteiger partial charge in [0.15, 0.2) is 5.11 Å². The molecule has 24 heavy (non-hydrogen) atoms. The summed E-state index contributed by atoms with van der Waals surface area (Å²) in [5.74, 6) is -0.277. The lowest BCUT2D eigenvalue weighted by Gasteiger charge is -2.39. The lowest BCUT2D eigenvalue weighted by atomic mass is 9.80. The molecule has 1 saturated carbocycles. The number of hydrogen-bond donors (Lipinski definition) is 0. The number of carbonyl (C=O) groups is 2. The highest BCUT2D eigenvalue weighted by Gasteiger charge is 2.58. The predicted octanol–water partition coefficient (Wildman–Crippen LogP) is 4.13. The summed E-state index contributed by atoms with van der Waals surface area (Å²) in [5, 5.41) is 0.790. The van der Waals surface area contributed by atoms with E-state index >= 15 is 0 Å². The van der Waals surface area contributed by atoms with Crippen LogP contribution in [0, 0.1) is 0 Å². The molecule has 0 unspecified atom stereocenters. The van der Waals surface area contributed by atoms with Crippen LogP contribution in [0.5, 0.6) is 0 Å². The first-order valence-corrected chi connectivity index (χ1v) is 8.91. The maximum absolute atomic E-state index is 13.1. The lowest BCUT2D eigenvalue weighted by molar-refractivity contribution is -0.130. The number of anilines is 1. The molecule has 2 fully saturated rings. The normalized spacial score (nSPS) is 19.9. The fourth-order valence-electron chi connectivity index (χ4n) is 3.54. The fraction of sp³-hybridized carbons (Fsp3) is 0.471.